The van der Waals surface area contributed by atoms with Gasteiger partial charge in [-0.2, -0.15) is 0 Å². The van der Waals surface area contributed by atoms with E-state index in [9.17, 15) is 13.2 Å². The summed E-state index contributed by atoms with van der Waals surface area (Å²) < 4.78 is 27.6. The summed E-state index contributed by atoms with van der Waals surface area (Å²) in [6, 6.07) is 9.25. The third-order valence-corrected chi connectivity index (χ3v) is 5.93. The zero-order valence-corrected chi connectivity index (χ0v) is 15.0. The maximum atomic E-state index is 12.5. The lowest BCUT2D eigenvalue weighted by molar-refractivity contribution is -0.116. The van der Waals surface area contributed by atoms with E-state index >= 15 is 0 Å². The second-order valence-corrected chi connectivity index (χ2v) is 7.94. The topological polar surface area (TPSA) is 66.5 Å². The van der Waals surface area contributed by atoms with Gasteiger partial charge in [0, 0.05) is 19.2 Å². The molecule has 24 heavy (non-hydrogen) atoms. The fourth-order valence-electron chi connectivity index (χ4n) is 2.65. The first-order valence-electron chi connectivity index (χ1n) is 7.17. The molecule has 1 aliphatic heterocycles. The molecule has 1 heterocycles. The monoisotopic (exact) mass is 384 g/mol. The summed E-state index contributed by atoms with van der Waals surface area (Å²) in [6.07, 6.45) is 0.630. The number of carbonyl (C=O) groups excluding carboxylic acids is 1. The minimum Gasteiger partial charge on any atom is -0.312 e. The Kier molecular flexibility index (Phi) is 4.46. The van der Waals surface area contributed by atoms with Crippen molar-refractivity contribution in [2.45, 2.75) is 18.2 Å². The molecule has 1 N–H and O–H groups in total. The van der Waals surface area contributed by atoms with E-state index in [1.165, 1.54) is 31.2 Å². The lowest BCUT2D eigenvalue weighted by atomic mass is 10.2. The average Bonchev–Trinajstić information content (AvgIpc) is 2.94. The predicted molar refractivity (Wildman–Crippen MR) is 95.4 cm³/mol. The Balaban J connectivity index is 1.91. The quantitative estimate of drug-likeness (QED) is 0.876. The van der Waals surface area contributed by atoms with Crippen molar-refractivity contribution < 1.29 is 13.2 Å². The summed E-state index contributed by atoms with van der Waals surface area (Å²) in [5.41, 5.74) is 1.92. The third-order valence-electron chi connectivity index (χ3n) is 3.81. The molecule has 2 aromatic carbocycles. The molecule has 0 unspecified atom stereocenters. The van der Waals surface area contributed by atoms with Gasteiger partial charge in [-0.15, -0.1) is 0 Å². The summed E-state index contributed by atoms with van der Waals surface area (Å²) in [5, 5.41) is 0.615. The van der Waals surface area contributed by atoms with Crippen LogP contribution in [0.5, 0.6) is 0 Å². The molecular weight excluding hydrogens is 371 g/mol. The first-order chi connectivity index (χ1) is 11.3. The van der Waals surface area contributed by atoms with Crippen LogP contribution in [-0.4, -0.2) is 20.9 Å². The van der Waals surface area contributed by atoms with Crippen molar-refractivity contribution >= 4 is 50.5 Å². The molecule has 1 aliphatic rings. The van der Waals surface area contributed by atoms with Crippen LogP contribution in [0.1, 0.15) is 12.5 Å². The molecule has 126 valence electrons. The van der Waals surface area contributed by atoms with Crippen molar-refractivity contribution in [3.63, 3.8) is 0 Å². The minimum absolute atomic E-state index is 0.0571. The van der Waals surface area contributed by atoms with Crippen LogP contribution in [0.3, 0.4) is 0 Å². The molecule has 0 aromatic heterocycles. The van der Waals surface area contributed by atoms with Crippen molar-refractivity contribution in [2.75, 3.05) is 16.2 Å². The molecule has 0 saturated heterocycles. The number of carbonyl (C=O) groups is 1. The van der Waals surface area contributed by atoms with Crippen LogP contribution in [0.25, 0.3) is 0 Å². The smallest absolute Gasteiger partial charge is 0.261 e. The lowest BCUT2D eigenvalue weighted by Gasteiger charge is -2.15. The molecule has 0 spiro atoms. The highest BCUT2D eigenvalue weighted by Gasteiger charge is 2.24. The largest absolute Gasteiger partial charge is 0.312 e. The lowest BCUT2D eigenvalue weighted by Crippen LogP contribution is -2.25. The summed E-state index contributed by atoms with van der Waals surface area (Å²) in [7, 11) is -3.76. The number of hydrogen-bond donors (Lipinski definition) is 1. The molecule has 0 aliphatic carbocycles. The molecular formula is C16H14Cl2N2O3S. The number of halogens is 2. The van der Waals surface area contributed by atoms with Gasteiger partial charge in [-0.1, -0.05) is 23.2 Å². The Bertz CT molecular complexity index is 929. The van der Waals surface area contributed by atoms with Gasteiger partial charge in [0.1, 0.15) is 0 Å². The summed E-state index contributed by atoms with van der Waals surface area (Å²) in [6.45, 7) is 2.06. The van der Waals surface area contributed by atoms with Crippen LogP contribution in [-0.2, 0) is 21.2 Å². The highest BCUT2D eigenvalue weighted by Crippen LogP contribution is 2.31. The van der Waals surface area contributed by atoms with Crippen LogP contribution < -0.4 is 9.62 Å². The summed E-state index contributed by atoms with van der Waals surface area (Å²) >= 11 is 11.7. The molecule has 5 nitrogen and oxygen atoms in total. The van der Waals surface area contributed by atoms with E-state index < -0.39 is 10.0 Å². The highest BCUT2D eigenvalue weighted by molar-refractivity contribution is 7.92. The highest BCUT2D eigenvalue weighted by atomic mass is 35.5. The number of anilines is 2. The number of fused-ring (bicyclic) bond motifs is 1. The molecule has 3 rings (SSSR count). The zero-order valence-electron chi connectivity index (χ0n) is 12.7. The number of rotatable bonds is 3. The van der Waals surface area contributed by atoms with Crippen LogP contribution in [0.4, 0.5) is 11.4 Å². The van der Waals surface area contributed by atoms with Crippen LogP contribution in [0, 0.1) is 0 Å². The normalized spacial score (nSPS) is 13.7. The fourth-order valence-corrected chi connectivity index (χ4v) is 4.04. The van der Waals surface area contributed by atoms with Gasteiger partial charge in [0.05, 0.1) is 20.6 Å². The van der Waals surface area contributed by atoms with Gasteiger partial charge in [-0.05, 0) is 48.4 Å². The van der Waals surface area contributed by atoms with E-state index in [1.54, 1.807) is 17.0 Å². The van der Waals surface area contributed by atoms with Gasteiger partial charge in [0.2, 0.25) is 5.91 Å². The fraction of sp³-hybridized carbons (Fsp3) is 0.188. The molecule has 1 amide bonds. The Morgan fingerprint density at radius 1 is 1.12 bits per heavy atom. The number of sulfonamides is 1. The maximum Gasteiger partial charge on any atom is 0.261 e. The van der Waals surface area contributed by atoms with Crippen LogP contribution >= 0.6 is 23.2 Å². The molecule has 0 fully saturated rings. The van der Waals surface area contributed by atoms with Gasteiger partial charge in [0.25, 0.3) is 10.0 Å². The zero-order chi connectivity index (χ0) is 17.5. The molecule has 0 radical (unpaired) electrons. The van der Waals surface area contributed by atoms with E-state index in [0.717, 1.165) is 11.3 Å². The SMILES string of the molecule is CC(=O)N1CCc2cc(S(=O)(=O)Nc3ccc(Cl)c(Cl)c3)ccc21. The van der Waals surface area contributed by atoms with E-state index in [4.69, 9.17) is 23.2 Å². The van der Waals surface area contributed by atoms with Crippen LogP contribution in [0.2, 0.25) is 10.0 Å². The van der Waals surface area contributed by atoms with E-state index in [2.05, 4.69) is 4.72 Å². The van der Waals surface area contributed by atoms with Crippen molar-refractivity contribution in [3.05, 3.63) is 52.0 Å². The van der Waals surface area contributed by atoms with Crippen molar-refractivity contribution in [1.29, 1.82) is 0 Å². The molecule has 2 aromatic rings. The molecule has 0 bridgehead atoms. The number of benzene rings is 2. The maximum absolute atomic E-state index is 12.5. The minimum atomic E-state index is -3.76. The van der Waals surface area contributed by atoms with Gasteiger partial charge < -0.3 is 4.90 Å². The second-order valence-electron chi connectivity index (χ2n) is 5.45. The number of amides is 1. The first-order valence-corrected chi connectivity index (χ1v) is 9.41. The van der Waals surface area contributed by atoms with Gasteiger partial charge >= 0.3 is 0 Å². The summed E-state index contributed by atoms with van der Waals surface area (Å²) in [4.78, 5) is 13.3. The molecule has 0 atom stereocenters. The van der Waals surface area contributed by atoms with Gasteiger partial charge in [0.15, 0.2) is 0 Å². The summed E-state index contributed by atoms with van der Waals surface area (Å²) in [5.74, 6) is -0.0571. The Hall–Kier alpha value is -1.76. The number of nitrogens with zero attached hydrogens (tertiary/aromatic N) is 1. The molecule has 0 saturated carbocycles. The average molecular weight is 385 g/mol. The van der Waals surface area contributed by atoms with Crippen molar-refractivity contribution in [1.82, 2.24) is 0 Å². The Labute approximate surface area is 150 Å². The Morgan fingerprint density at radius 2 is 1.88 bits per heavy atom. The van der Waals surface area contributed by atoms with Crippen molar-refractivity contribution in [3.8, 4) is 0 Å². The number of nitrogens with one attached hydrogen (secondary N) is 1. The Morgan fingerprint density at radius 3 is 2.54 bits per heavy atom. The standard InChI is InChI=1S/C16H14Cl2N2O3S/c1-10(21)20-7-6-11-8-13(3-5-16(11)20)24(22,23)19-12-2-4-14(17)15(18)9-12/h2-5,8-9,19H,6-7H2,1H3. The second kappa shape index (κ2) is 6.27. The van der Waals surface area contributed by atoms with Crippen LogP contribution in [0.15, 0.2) is 41.3 Å². The first kappa shape index (κ1) is 17.1. The molecule has 8 heteroatoms. The van der Waals surface area contributed by atoms with E-state index in [1.807, 2.05) is 0 Å². The number of hydrogen-bond acceptors (Lipinski definition) is 3. The van der Waals surface area contributed by atoms with E-state index in [0.29, 0.717) is 23.7 Å². The third kappa shape index (κ3) is 3.22. The van der Waals surface area contributed by atoms with E-state index in [-0.39, 0.29) is 15.8 Å². The predicted octanol–water partition coefficient (Wildman–Crippen LogP) is 3.70. The van der Waals surface area contributed by atoms with Gasteiger partial charge in [-0.3, -0.25) is 9.52 Å². The van der Waals surface area contributed by atoms with Crippen molar-refractivity contribution in [2.24, 2.45) is 0 Å². The van der Waals surface area contributed by atoms with Gasteiger partial charge in [-0.25, -0.2) is 8.42 Å².